The molecular formula is C16H17N3O2. The van der Waals surface area contributed by atoms with Crippen LogP contribution >= 0.6 is 0 Å². The van der Waals surface area contributed by atoms with Crippen molar-refractivity contribution in [2.45, 2.75) is 25.5 Å². The van der Waals surface area contributed by atoms with Gasteiger partial charge in [0.25, 0.3) is 5.91 Å². The number of carbonyl (C=O) groups excluding carboxylic acids is 1. The van der Waals surface area contributed by atoms with Crippen molar-refractivity contribution in [3.8, 4) is 0 Å². The Bertz CT molecular complexity index is 700. The highest BCUT2D eigenvalue weighted by molar-refractivity contribution is 5.96. The number of rotatable bonds is 2. The van der Waals surface area contributed by atoms with E-state index in [0.717, 1.165) is 11.1 Å². The molecule has 0 unspecified atom stereocenters. The molecule has 1 aliphatic rings. The van der Waals surface area contributed by atoms with E-state index in [-0.39, 0.29) is 5.91 Å². The SMILES string of the molecule is Cc1ncc(N)cc1C(=O)N[C@H]1c2ccccc2C[C@H]1O. The first-order chi connectivity index (χ1) is 10.1. The molecule has 5 nitrogen and oxygen atoms in total. The number of amides is 1. The first-order valence-corrected chi connectivity index (χ1v) is 6.85. The van der Waals surface area contributed by atoms with Crippen molar-refractivity contribution < 1.29 is 9.90 Å². The maximum Gasteiger partial charge on any atom is 0.253 e. The number of benzene rings is 1. The smallest absolute Gasteiger partial charge is 0.253 e. The molecule has 0 fully saturated rings. The molecular weight excluding hydrogens is 266 g/mol. The van der Waals surface area contributed by atoms with Crippen molar-refractivity contribution in [3.05, 3.63) is 58.9 Å². The summed E-state index contributed by atoms with van der Waals surface area (Å²) in [4.78, 5) is 16.5. The second-order valence-corrected chi connectivity index (χ2v) is 5.32. The Kier molecular flexibility index (Phi) is 3.35. The number of pyridine rings is 1. The lowest BCUT2D eigenvalue weighted by Gasteiger charge is -2.18. The number of aromatic nitrogens is 1. The molecule has 21 heavy (non-hydrogen) atoms. The number of aliphatic hydroxyl groups excluding tert-OH is 1. The predicted molar refractivity (Wildman–Crippen MR) is 79.7 cm³/mol. The number of nitrogens with two attached hydrogens (primary N) is 1. The molecule has 0 saturated heterocycles. The van der Waals surface area contributed by atoms with Crippen LogP contribution in [0.4, 0.5) is 5.69 Å². The van der Waals surface area contributed by atoms with Gasteiger partial charge in [-0.1, -0.05) is 24.3 Å². The molecule has 1 aromatic carbocycles. The monoisotopic (exact) mass is 283 g/mol. The highest BCUT2D eigenvalue weighted by Crippen LogP contribution is 2.31. The summed E-state index contributed by atoms with van der Waals surface area (Å²) in [7, 11) is 0. The first-order valence-electron chi connectivity index (χ1n) is 6.85. The second kappa shape index (κ2) is 5.18. The maximum atomic E-state index is 12.4. The fraction of sp³-hybridized carbons (Fsp3) is 0.250. The van der Waals surface area contributed by atoms with E-state index in [1.165, 1.54) is 6.20 Å². The molecule has 1 amide bonds. The summed E-state index contributed by atoms with van der Waals surface area (Å²) in [5, 5.41) is 13.1. The highest BCUT2D eigenvalue weighted by Gasteiger charge is 2.32. The Morgan fingerprint density at radius 3 is 3.00 bits per heavy atom. The van der Waals surface area contributed by atoms with E-state index in [2.05, 4.69) is 10.3 Å². The predicted octanol–water partition coefficient (Wildman–Crippen LogP) is 1.36. The Morgan fingerprint density at radius 1 is 1.43 bits per heavy atom. The average molecular weight is 283 g/mol. The van der Waals surface area contributed by atoms with Gasteiger partial charge in [-0.05, 0) is 24.1 Å². The number of hydrogen-bond acceptors (Lipinski definition) is 4. The highest BCUT2D eigenvalue weighted by atomic mass is 16.3. The van der Waals surface area contributed by atoms with Gasteiger partial charge in [-0.15, -0.1) is 0 Å². The number of carbonyl (C=O) groups is 1. The minimum Gasteiger partial charge on any atom is -0.397 e. The van der Waals surface area contributed by atoms with Gasteiger partial charge in [-0.25, -0.2) is 0 Å². The molecule has 108 valence electrons. The molecule has 0 bridgehead atoms. The summed E-state index contributed by atoms with van der Waals surface area (Å²) in [5.74, 6) is -0.270. The lowest BCUT2D eigenvalue weighted by molar-refractivity contribution is 0.0857. The van der Waals surface area contributed by atoms with Crippen LogP contribution in [0.3, 0.4) is 0 Å². The number of nitrogen functional groups attached to an aromatic ring is 1. The van der Waals surface area contributed by atoms with Gasteiger partial charge < -0.3 is 16.2 Å². The molecule has 1 heterocycles. The average Bonchev–Trinajstić information content (AvgIpc) is 2.78. The molecule has 2 aromatic rings. The fourth-order valence-corrected chi connectivity index (χ4v) is 2.75. The summed E-state index contributed by atoms with van der Waals surface area (Å²) in [5.41, 5.74) is 9.21. The van der Waals surface area contributed by atoms with E-state index in [0.29, 0.717) is 23.4 Å². The van der Waals surface area contributed by atoms with Crippen LogP contribution in [0.5, 0.6) is 0 Å². The second-order valence-electron chi connectivity index (χ2n) is 5.32. The van der Waals surface area contributed by atoms with Crippen molar-refractivity contribution in [2.24, 2.45) is 0 Å². The van der Waals surface area contributed by atoms with Crippen LogP contribution in [-0.2, 0) is 6.42 Å². The zero-order chi connectivity index (χ0) is 15.0. The summed E-state index contributed by atoms with van der Waals surface area (Å²) in [6, 6.07) is 8.95. The molecule has 0 spiro atoms. The standard InChI is InChI=1S/C16H17N3O2/c1-9-13(7-11(17)8-18-9)16(21)19-15-12-5-3-2-4-10(12)6-14(15)20/h2-5,7-8,14-15,20H,6,17H2,1H3,(H,19,21)/t14-,15+/m1/s1. The molecule has 5 heteroatoms. The zero-order valence-corrected chi connectivity index (χ0v) is 11.7. The molecule has 0 aliphatic heterocycles. The van der Waals surface area contributed by atoms with E-state index in [4.69, 9.17) is 5.73 Å². The van der Waals surface area contributed by atoms with Crippen molar-refractivity contribution >= 4 is 11.6 Å². The number of nitrogens with zero attached hydrogens (tertiary/aromatic N) is 1. The number of aryl methyl sites for hydroxylation is 1. The fourth-order valence-electron chi connectivity index (χ4n) is 2.75. The van der Waals surface area contributed by atoms with E-state index in [1.54, 1.807) is 13.0 Å². The summed E-state index contributed by atoms with van der Waals surface area (Å²) in [6.07, 6.45) is 1.46. The van der Waals surface area contributed by atoms with Gasteiger partial charge >= 0.3 is 0 Å². The van der Waals surface area contributed by atoms with Crippen LogP contribution in [0.1, 0.15) is 33.2 Å². The molecule has 4 N–H and O–H groups in total. The zero-order valence-electron chi connectivity index (χ0n) is 11.7. The largest absolute Gasteiger partial charge is 0.397 e. The van der Waals surface area contributed by atoms with Crippen molar-refractivity contribution in [3.63, 3.8) is 0 Å². The van der Waals surface area contributed by atoms with Crippen LogP contribution < -0.4 is 11.1 Å². The Hall–Kier alpha value is -2.40. The summed E-state index contributed by atoms with van der Waals surface area (Å²) >= 11 is 0. The van der Waals surface area contributed by atoms with Gasteiger partial charge in [0, 0.05) is 6.42 Å². The number of nitrogens with one attached hydrogen (secondary N) is 1. The van der Waals surface area contributed by atoms with Crippen LogP contribution in [0.15, 0.2) is 36.5 Å². The van der Waals surface area contributed by atoms with Gasteiger partial charge in [0.15, 0.2) is 0 Å². The lowest BCUT2D eigenvalue weighted by atomic mass is 10.1. The normalized spacial score (nSPS) is 20.1. The Labute approximate surface area is 122 Å². The third kappa shape index (κ3) is 2.48. The third-order valence-corrected chi connectivity index (χ3v) is 3.84. The maximum absolute atomic E-state index is 12.4. The van der Waals surface area contributed by atoms with Gasteiger partial charge in [0.2, 0.25) is 0 Å². The Balaban J connectivity index is 1.87. The summed E-state index contributed by atoms with van der Waals surface area (Å²) < 4.78 is 0. The van der Waals surface area contributed by atoms with Gasteiger partial charge in [-0.2, -0.15) is 0 Å². The molecule has 1 aliphatic carbocycles. The number of fused-ring (bicyclic) bond motifs is 1. The van der Waals surface area contributed by atoms with Crippen LogP contribution in [0.2, 0.25) is 0 Å². The minimum atomic E-state index is -0.610. The quantitative estimate of drug-likeness (QED) is 0.776. The van der Waals surface area contributed by atoms with E-state index >= 15 is 0 Å². The lowest BCUT2D eigenvalue weighted by Crippen LogP contribution is -2.34. The summed E-state index contributed by atoms with van der Waals surface area (Å²) in [6.45, 7) is 1.76. The van der Waals surface area contributed by atoms with Crippen LogP contribution in [-0.4, -0.2) is 22.1 Å². The Morgan fingerprint density at radius 2 is 2.19 bits per heavy atom. The van der Waals surface area contributed by atoms with E-state index in [9.17, 15) is 9.90 Å². The topological polar surface area (TPSA) is 88.2 Å². The number of hydrogen-bond donors (Lipinski definition) is 3. The molecule has 0 saturated carbocycles. The minimum absolute atomic E-state index is 0.270. The van der Waals surface area contributed by atoms with Crippen LogP contribution in [0.25, 0.3) is 0 Å². The van der Waals surface area contributed by atoms with Crippen molar-refractivity contribution in [1.82, 2.24) is 10.3 Å². The van der Waals surface area contributed by atoms with Gasteiger partial charge in [0.1, 0.15) is 0 Å². The molecule has 2 atom stereocenters. The number of aliphatic hydroxyl groups is 1. The van der Waals surface area contributed by atoms with Gasteiger partial charge in [0.05, 0.1) is 35.3 Å². The van der Waals surface area contributed by atoms with Crippen molar-refractivity contribution in [1.29, 1.82) is 0 Å². The molecule has 0 radical (unpaired) electrons. The number of anilines is 1. The molecule has 1 aromatic heterocycles. The van der Waals surface area contributed by atoms with Gasteiger partial charge in [-0.3, -0.25) is 9.78 Å². The third-order valence-electron chi connectivity index (χ3n) is 3.84. The van der Waals surface area contributed by atoms with E-state index < -0.39 is 12.1 Å². The van der Waals surface area contributed by atoms with Crippen LogP contribution in [0, 0.1) is 6.92 Å². The van der Waals surface area contributed by atoms with E-state index in [1.807, 2.05) is 24.3 Å². The first kappa shape index (κ1) is 13.6. The van der Waals surface area contributed by atoms with Crippen molar-refractivity contribution in [2.75, 3.05) is 5.73 Å². The molecule has 3 rings (SSSR count).